The van der Waals surface area contributed by atoms with Gasteiger partial charge in [-0.3, -0.25) is 4.79 Å². The van der Waals surface area contributed by atoms with E-state index >= 15 is 0 Å². The second-order valence-corrected chi connectivity index (χ2v) is 5.11. The molecule has 1 fully saturated rings. The lowest BCUT2D eigenvalue weighted by molar-refractivity contribution is -0.120. The normalized spacial score (nSPS) is 21.9. The fourth-order valence-corrected chi connectivity index (χ4v) is 2.99. The molecule has 0 spiro atoms. The third kappa shape index (κ3) is 1.77. The van der Waals surface area contributed by atoms with Gasteiger partial charge < -0.3 is 14.9 Å². The second-order valence-electron chi connectivity index (χ2n) is 5.11. The number of carboxylic acid groups (broad SMARTS) is 1. The number of likely N-dealkylation sites (N-methyl/N-ethyl adjacent to an activating group) is 1. The monoisotopic (exact) mass is 260 g/mol. The lowest BCUT2D eigenvalue weighted by Crippen LogP contribution is -2.54. The molecule has 5 nitrogen and oxygen atoms in total. The summed E-state index contributed by atoms with van der Waals surface area (Å²) in [7, 11) is 1.72. The van der Waals surface area contributed by atoms with Crippen molar-refractivity contribution in [2.45, 2.75) is 25.3 Å². The summed E-state index contributed by atoms with van der Waals surface area (Å²) >= 11 is 0. The van der Waals surface area contributed by atoms with Crippen LogP contribution in [0.1, 0.15) is 29.6 Å². The van der Waals surface area contributed by atoms with Crippen LogP contribution < -0.4 is 9.80 Å². The molecule has 1 atom stereocenters. The van der Waals surface area contributed by atoms with Gasteiger partial charge in [-0.05, 0) is 37.5 Å². The highest BCUT2D eigenvalue weighted by Crippen LogP contribution is 2.39. The SMILES string of the molecule is CN1C(=O)[C@@H]2CCCCN2c2ccc(C(=O)O)cc21. The Labute approximate surface area is 111 Å². The fourth-order valence-electron chi connectivity index (χ4n) is 2.99. The number of carbonyl (C=O) groups excluding carboxylic acids is 1. The summed E-state index contributed by atoms with van der Waals surface area (Å²) in [5.74, 6) is -0.904. The molecule has 5 heteroatoms. The van der Waals surface area contributed by atoms with Crippen molar-refractivity contribution >= 4 is 23.3 Å². The lowest BCUT2D eigenvalue weighted by Gasteiger charge is -2.44. The van der Waals surface area contributed by atoms with Crippen LogP contribution in [0.2, 0.25) is 0 Å². The van der Waals surface area contributed by atoms with Gasteiger partial charge in [-0.2, -0.15) is 0 Å². The Kier molecular flexibility index (Phi) is 2.69. The quantitative estimate of drug-likeness (QED) is 0.835. The number of benzene rings is 1. The average molecular weight is 260 g/mol. The summed E-state index contributed by atoms with van der Waals surface area (Å²) < 4.78 is 0. The topological polar surface area (TPSA) is 60.9 Å². The third-order valence-corrected chi connectivity index (χ3v) is 4.01. The van der Waals surface area contributed by atoms with Crippen molar-refractivity contribution in [3.8, 4) is 0 Å². The van der Waals surface area contributed by atoms with E-state index in [0.29, 0.717) is 5.69 Å². The first-order chi connectivity index (χ1) is 9.09. The van der Waals surface area contributed by atoms with Gasteiger partial charge in [-0.25, -0.2) is 4.79 Å². The molecule has 100 valence electrons. The maximum atomic E-state index is 12.3. The largest absolute Gasteiger partial charge is 0.478 e. The Hall–Kier alpha value is -2.04. The smallest absolute Gasteiger partial charge is 0.335 e. The number of hydrogen-bond donors (Lipinski definition) is 1. The van der Waals surface area contributed by atoms with Gasteiger partial charge in [0, 0.05) is 13.6 Å². The van der Waals surface area contributed by atoms with Crippen molar-refractivity contribution in [1.29, 1.82) is 0 Å². The molecule has 19 heavy (non-hydrogen) atoms. The summed E-state index contributed by atoms with van der Waals surface area (Å²) in [5.41, 5.74) is 1.88. The zero-order valence-corrected chi connectivity index (χ0v) is 10.8. The van der Waals surface area contributed by atoms with E-state index < -0.39 is 5.97 Å². The number of aromatic carboxylic acids is 1. The molecule has 0 aliphatic carbocycles. The molecule has 0 radical (unpaired) electrons. The highest BCUT2D eigenvalue weighted by Gasteiger charge is 2.37. The van der Waals surface area contributed by atoms with Crippen LogP contribution in [0.15, 0.2) is 18.2 Å². The molecule has 3 rings (SSSR count). The molecule has 1 N–H and O–H groups in total. The molecule has 1 saturated heterocycles. The van der Waals surface area contributed by atoms with Gasteiger partial charge in [0.25, 0.3) is 0 Å². The van der Waals surface area contributed by atoms with Crippen LogP contribution in [0.25, 0.3) is 0 Å². The van der Waals surface area contributed by atoms with Crippen molar-refractivity contribution in [3.63, 3.8) is 0 Å². The molecular weight excluding hydrogens is 244 g/mol. The van der Waals surface area contributed by atoms with Gasteiger partial charge in [0.05, 0.1) is 16.9 Å². The van der Waals surface area contributed by atoms with Crippen LogP contribution in [0.5, 0.6) is 0 Å². The number of carbonyl (C=O) groups is 2. The zero-order valence-electron chi connectivity index (χ0n) is 10.8. The van der Waals surface area contributed by atoms with Gasteiger partial charge in [-0.1, -0.05) is 0 Å². The van der Waals surface area contributed by atoms with Crippen LogP contribution in [-0.4, -0.2) is 36.6 Å². The molecule has 2 aliphatic heterocycles. The van der Waals surface area contributed by atoms with Crippen molar-refractivity contribution in [2.75, 3.05) is 23.4 Å². The summed E-state index contributed by atoms with van der Waals surface area (Å²) in [4.78, 5) is 27.1. The Bertz CT molecular complexity index is 556. The Morgan fingerprint density at radius 3 is 2.84 bits per heavy atom. The predicted octanol–water partition coefficient (Wildman–Crippen LogP) is 1.72. The molecule has 0 saturated carbocycles. The van der Waals surface area contributed by atoms with Crippen molar-refractivity contribution in [3.05, 3.63) is 23.8 Å². The van der Waals surface area contributed by atoms with E-state index in [9.17, 15) is 9.59 Å². The Balaban J connectivity index is 2.11. The minimum Gasteiger partial charge on any atom is -0.478 e. The Morgan fingerprint density at radius 1 is 1.32 bits per heavy atom. The first-order valence-corrected chi connectivity index (χ1v) is 6.51. The predicted molar refractivity (Wildman–Crippen MR) is 71.8 cm³/mol. The minimum absolute atomic E-state index is 0.0646. The lowest BCUT2D eigenvalue weighted by atomic mass is 9.96. The summed E-state index contributed by atoms with van der Waals surface area (Å²) in [6.45, 7) is 0.865. The van der Waals surface area contributed by atoms with E-state index in [1.54, 1.807) is 24.1 Å². The minimum atomic E-state index is -0.968. The molecular formula is C14H16N2O3. The maximum absolute atomic E-state index is 12.3. The van der Waals surface area contributed by atoms with E-state index in [-0.39, 0.29) is 17.5 Å². The van der Waals surface area contributed by atoms with Crippen LogP contribution in [0.3, 0.4) is 0 Å². The number of rotatable bonds is 1. The van der Waals surface area contributed by atoms with Crippen LogP contribution >= 0.6 is 0 Å². The van der Waals surface area contributed by atoms with Gasteiger partial charge >= 0.3 is 5.97 Å². The molecule has 2 heterocycles. The number of fused-ring (bicyclic) bond motifs is 3. The van der Waals surface area contributed by atoms with Gasteiger partial charge in [0.1, 0.15) is 6.04 Å². The van der Waals surface area contributed by atoms with E-state index in [1.165, 1.54) is 0 Å². The number of carboxylic acids is 1. The average Bonchev–Trinajstić information content (AvgIpc) is 2.44. The van der Waals surface area contributed by atoms with Crippen molar-refractivity contribution < 1.29 is 14.7 Å². The number of anilines is 2. The number of amides is 1. The second kappa shape index (κ2) is 4.26. The number of hydrogen-bond acceptors (Lipinski definition) is 3. The van der Waals surface area contributed by atoms with Crippen LogP contribution in [0.4, 0.5) is 11.4 Å². The third-order valence-electron chi connectivity index (χ3n) is 4.01. The van der Waals surface area contributed by atoms with Crippen molar-refractivity contribution in [2.24, 2.45) is 0 Å². The molecule has 1 aromatic rings. The highest BCUT2D eigenvalue weighted by molar-refractivity contribution is 6.06. The van der Waals surface area contributed by atoms with Crippen LogP contribution in [-0.2, 0) is 4.79 Å². The fraction of sp³-hybridized carbons (Fsp3) is 0.429. The summed E-state index contributed by atoms with van der Waals surface area (Å²) in [6.07, 6.45) is 3.03. The number of piperidine rings is 1. The first-order valence-electron chi connectivity index (χ1n) is 6.51. The summed E-state index contributed by atoms with van der Waals surface area (Å²) in [6, 6.07) is 4.93. The molecule has 0 unspecified atom stereocenters. The van der Waals surface area contributed by atoms with E-state index in [0.717, 1.165) is 31.5 Å². The number of nitrogens with zero attached hydrogens (tertiary/aromatic N) is 2. The Morgan fingerprint density at radius 2 is 2.11 bits per heavy atom. The molecule has 0 aromatic heterocycles. The van der Waals surface area contributed by atoms with Gasteiger partial charge in [0.15, 0.2) is 0 Å². The molecule has 1 aromatic carbocycles. The molecule has 0 bridgehead atoms. The van der Waals surface area contributed by atoms with Gasteiger partial charge in [0.2, 0.25) is 5.91 Å². The highest BCUT2D eigenvalue weighted by atomic mass is 16.4. The maximum Gasteiger partial charge on any atom is 0.335 e. The molecule has 1 amide bonds. The van der Waals surface area contributed by atoms with Gasteiger partial charge in [-0.15, -0.1) is 0 Å². The first kappa shape index (κ1) is 12.0. The summed E-state index contributed by atoms with van der Waals surface area (Å²) in [5, 5.41) is 9.05. The van der Waals surface area contributed by atoms with E-state index in [4.69, 9.17) is 5.11 Å². The standard InChI is InChI=1S/C14H16N2O3/c1-15-12-8-9(14(18)19)5-6-10(12)16-7-3-2-4-11(16)13(15)17/h5-6,8,11H,2-4,7H2,1H3,(H,18,19)/t11-/m0/s1. The molecule has 2 aliphatic rings. The van der Waals surface area contributed by atoms with E-state index in [1.807, 2.05) is 6.07 Å². The van der Waals surface area contributed by atoms with Crippen molar-refractivity contribution in [1.82, 2.24) is 0 Å². The van der Waals surface area contributed by atoms with E-state index in [2.05, 4.69) is 4.90 Å². The zero-order chi connectivity index (χ0) is 13.6. The van der Waals surface area contributed by atoms with Crippen LogP contribution in [0, 0.1) is 0 Å².